The third-order valence-corrected chi connectivity index (χ3v) is 5.19. The number of nitrogens with two attached hydrogens (primary N) is 1. The second-order valence-electron chi connectivity index (χ2n) is 6.20. The highest BCUT2D eigenvalue weighted by Gasteiger charge is 2.40. The van der Waals surface area contributed by atoms with Gasteiger partial charge in [0.2, 0.25) is 0 Å². The first-order chi connectivity index (χ1) is 9.25. The summed E-state index contributed by atoms with van der Waals surface area (Å²) in [6, 6.07) is 0.745. The molecule has 2 fully saturated rings. The van der Waals surface area contributed by atoms with Crippen molar-refractivity contribution in [2.45, 2.75) is 50.6 Å². The summed E-state index contributed by atoms with van der Waals surface area (Å²) in [7, 11) is 1.79. The predicted molar refractivity (Wildman–Crippen MR) is 79.4 cm³/mol. The minimum atomic E-state index is 0.0548. The van der Waals surface area contributed by atoms with Crippen LogP contribution in [0.3, 0.4) is 0 Å². The van der Waals surface area contributed by atoms with Crippen LogP contribution >= 0.6 is 0 Å². The van der Waals surface area contributed by atoms with E-state index in [1.54, 1.807) is 7.11 Å². The van der Waals surface area contributed by atoms with Crippen LogP contribution in [0, 0.1) is 0 Å². The molecule has 4 heteroatoms. The molecule has 2 aliphatic rings. The molecule has 2 atom stereocenters. The first kappa shape index (κ1) is 15.2. The minimum Gasteiger partial charge on any atom is -0.383 e. The molecule has 0 amide bonds. The van der Waals surface area contributed by atoms with Crippen LogP contribution in [0.5, 0.6) is 0 Å². The number of nitrogens with zero attached hydrogens (tertiary/aromatic N) is 2. The molecule has 0 aliphatic carbocycles. The predicted octanol–water partition coefficient (Wildman–Crippen LogP) is 1.30. The van der Waals surface area contributed by atoms with E-state index in [-0.39, 0.29) is 5.54 Å². The van der Waals surface area contributed by atoms with Crippen molar-refractivity contribution >= 4 is 0 Å². The molecule has 0 aromatic heterocycles. The maximum absolute atomic E-state index is 6.07. The van der Waals surface area contributed by atoms with E-state index in [1.165, 1.54) is 51.9 Å². The largest absolute Gasteiger partial charge is 0.383 e. The fourth-order valence-corrected chi connectivity index (χ4v) is 3.77. The summed E-state index contributed by atoms with van der Waals surface area (Å²) in [6.07, 6.45) is 6.54. The average molecular weight is 269 g/mol. The summed E-state index contributed by atoms with van der Waals surface area (Å²) < 4.78 is 5.45. The molecular weight excluding hydrogens is 238 g/mol. The van der Waals surface area contributed by atoms with Crippen molar-refractivity contribution < 1.29 is 4.74 Å². The van der Waals surface area contributed by atoms with Crippen LogP contribution in [0.15, 0.2) is 0 Å². The van der Waals surface area contributed by atoms with Crippen molar-refractivity contribution in [1.29, 1.82) is 0 Å². The molecule has 0 radical (unpaired) electrons. The van der Waals surface area contributed by atoms with Crippen LogP contribution in [-0.2, 0) is 4.74 Å². The van der Waals surface area contributed by atoms with Gasteiger partial charge in [-0.2, -0.15) is 0 Å². The SMILES string of the molecule is CCC(CN)(COC)N1CCC(N2CCCCC2)C1. The number of likely N-dealkylation sites (tertiary alicyclic amines) is 2. The highest BCUT2D eigenvalue weighted by molar-refractivity contribution is 4.97. The average Bonchev–Trinajstić information content (AvgIpc) is 2.96. The quantitative estimate of drug-likeness (QED) is 0.789. The third-order valence-electron chi connectivity index (χ3n) is 5.19. The van der Waals surface area contributed by atoms with E-state index in [2.05, 4.69) is 16.7 Å². The molecule has 0 spiro atoms. The van der Waals surface area contributed by atoms with Gasteiger partial charge in [0.05, 0.1) is 12.1 Å². The number of piperidine rings is 1. The Bertz CT molecular complexity index is 262. The molecule has 0 bridgehead atoms. The first-order valence-corrected chi connectivity index (χ1v) is 7.94. The van der Waals surface area contributed by atoms with Crippen molar-refractivity contribution in [3.05, 3.63) is 0 Å². The topological polar surface area (TPSA) is 41.7 Å². The van der Waals surface area contributed by atoms with E-state index < -0.39 is 0 Å². The van der Waals surface area contributed by atoms with E-state index >= 15 is 0 Å². The zero-order valence-electron chi connectivity index (χ0n) is 12.7. The lowest BCUT2D eigenvalue weighted by Gasteiger charge is -2.41. The van der Waals surface area contributed by atoms with Gasteiger partial charge < -0.3 is 10.5 Å². The van der Waals surface area contributed by atoms with Gasteiger partial charge in [-0.25, -0.2) is 0 Å². The maximum atomic E-state index is 6.07. The van der Waals surface area contributed by atoms with Crippen molar-refractivity contribution in [2.75, 3.05) is 46.4 Å². The van der Waals surface area contributed by atoms with Gasteiger partial charge in [-0.3, -0.25) is 9.80 Å². The van der Waals surface area contributed by atoms with E-state index in [1.807, 2.05) is 0 Å². The molecule has 0 aromatic carbocycles. The van der Waals surface area contributed by atoms with Crippen LogP contribution < -0.4 is 5.73 Å². The van der Waals surface area contributed by atoms with Crippen LogP contribution in [0.4, 0.5) is 0 Å². The molecule has 0 saturated carbocycles. The lowest BCUT2D eigenvalue weighted by atomic mass is 9.95. The Labute approximate surface area is 118 Å². The summed E-state index contributed by atoms with van der Waals surface area (Å²) >= 11 is 0. The summed E-state index contributed by atoms with van der Waals surface area (Å²) in [5.74, 6) is 0. The van der Waals surface area contributed by atoms with Gasteiger partial charge in [0.15, 0.2) is 0 Å². The number of ether oxygens (including phenoxy) is 1. The van der Waals surface area contributed by atoms with Crippen molar-refractivity contribution in [3.8, 4) is 0 Å². The van der Waals surface area contributed by atoms with Crippen LogP contribution in [0.25, 0.3) is 0 Å². The smallest absolute Gasteiger partial charge is 0.0658 e. The van der Waals surface area contributed by atoms with E-state index in [0.717, 1.165) is 19.1 Å². The molecule has 0 aromatic rings. The molecule has 2 saturated heterocycles. The standard InChI is InChI=1S/C15H31N3O/c1-3-15(12-16,13-19-2)18-10-7-14(11-18)17-8-5-4-6-9-17/h14H,3-13,16H2,1-2H3. The van der Waals surface area contributed by atoms with Crippen molar-refractivity contribution in [3.63, 3.8) is 0 Å². The van der Waals surface area contributed by atoms with Gasteiger partial charge in [0.25, 0.3) is 0 Å². The monoisotopic (exact) mass is 269 g/mol. The zero-order chi connectivity index (χ0) is 13.7. The van der Waals surface area contributed by atoms with Gasteiger partial charge >= 0.3 is 0 Å². The Morgan fingerprint density at radius 1 is 1.21 bits per heavy atom. The van der Waals surface area contributed by atoms with E-state index in [4.69, 9.17) is 10.5 Å². The third kappa shape index (κ3) is 3.30. The Morgan fingerprint density at radius 3 is 2.53 bits per heavy atom. The second-order valence-corrected chi connectivity index (χ2v) is 6.20. The molecule has 4 nitrogen and oxygen atoms in total. The molecule has 2 aliphatic heterocycles. The Hall–Kier alpha value is -0.160. The fourth-order valence-electron chi connectivity index (χ4n) is 3.77. The second kappa shape index (κ2) is 7.02. The number of hydrogen-bond donors (Lipinski definition) is 1. The van der Waals surface area contributed by atoms with Crippen LogP contribution in [0.2, 0.25) is 0 Å². The molecule has 2 heterocycles. The Morgan fingerprint density at radius 2 is 1.95 bits per heavy atom. The lowest BCUT2D eigenvalue weighted by molar-refractivity contribution is 0.0208. The summed E-state index contributed by atoms with van der Waals surface area (Å²) in [5, 5.41) is 0. The van der Waals surface area contributed by atoms with Gasteiger partial charge in [-0.15, -0.1) is 0 Å². The molecule has 2 N–H and O–H groups in total. The van der Waals surface area contributed by atoms with E-state index in [0.29, 0.717) is 6.54 Å². The zero-order valence-corrected chi connectivity index (χ0v) is 12.7. The summed E-state index contributed by atoms with van der Waals surface area (Å²) in [4.78, 5) is 5.29. The van der Waals surface area contributed by atoms with Crippen LogP contribution in [0.1, 0.15) is 39.0 Å². The normalized spacial score (nSPS) is 29.5. The molecule has 19 heavy (non-hydrogen) atoms. The molecular formula is C15H31N3O. The van der Waals surface area contributed by atoms with Gasteiger partial charge in [0.1, 0.15) is 0 Å². The fraction of sp³-hybridized carbons (Fsp3) is 1.00. The Balaban J connectivity index is 1.95. The molecule has 2 rings (SSSR count). The minimum absolute atomic E-state index is 0.0548. The highest BCUT2D eigenvalue weighted by Crippen LogP contribution is 2.28. The molecule has 112 valence electrons. The Kier molecular flexibility index (Phi) is 5.63. The maximum Gasteiger partial charge on any atom is 0.0658 e. The molecule has 2 unspecified atom stereocenters. The lowest BCUT2D eigenvalue weighted by Crippen LogP contribution is -2.56. The van der Waals surface area contributed by atoms with Gasteiger partial charge in [0, 0.05) is 32.8 Å². The van der Waals surface area contributed by atoms with Crippen LogP contribution in [-0.4, -0.2) is 67.8 Å². The highest BCUT2D eigenvalue weighted by atomic mass is 16.5. The van der Waals surface area contributed by atoms with Crippen molar-refractivity contribution in [1.82, 2.24) is 9.80 Å². The summed E-state index contributed by atoms with van der Waals surface area (Å²) in [6.45, 7) is 8.63. The number of methoxy groups -OCH3 is 1. The van der Waals surface area contributed by atoms with E-state index in [9.17, 15) is 0 Å². The van der Waals surface area contributed by atoms with Crippen molar-refractivity contribution in [2.24, 2.45) is 5.73 Å². The number of hydrogen-bond acceptors (Lipinski definition) is 4. The first-order valence-electron chi connectivity index (χ1n) is 7.94. The van der Waals surface area contributed by atoms with Gasteiger partial charge in [-0.05, 0) is 38.8 Å². The van der Waals surface area contributed by atoms with Gasteiger partial charge in [-0.1, -0.05) is 13.3 Å². The number of rotatable bonds is 6. The summed E-state index contributed by atoms with van der Waals surface area (Å²) in [5.41, 5.74) is 6.13.